The Balaban J connectivity index is 0.00000243. The number of hydrogen-bond donors (Lipinski definition) is 1. The maximum absolute atomic E-state index is 13.4. The molecule has 3 rings (SSSR count). The molecule has 26 heavy (non-hydrogen) atoms. The van der Waals surface area contributed by atoms with Crippen LogP contribution in [0.2, 0.25) is 10.0 Å². The van der Waals surface area contributed by atoms with Crippen molar-refractivity contribution >= 4 is 45.4 Å². The third kappa shape index (κ3) is 4.97. The average molecular weight is 476 g/mol. The Hall–Kier alpha value is -1.14. The predicted octanol–water partition coefficient (Wildman–Crippen LogP) is 3.55. The van der Waals surface area contributed by atoms with E-state index in [9.17, 15) is 4.39 Å². The second kappa shape index (κ2) is 9.18. The van der Waals surface area contributed by atoms with E-state index >= 15 is 0 Å². The number of benzene rings is 2. The van der Waals surface area contributed by atoms with Crippen molar-refractivity contribution in [2.75, 3.05) is 5.32 Å². The lowest BCUT2D eigenvalue weighted by Gasteiger charge is -2.09. The van der Waals surface area contributed by atoms with Crippen LogP contribution in [0.15, 0.2) is 47.8 Å². The zero-order valence-corrected chi connectivity index (χ0v) is 18.2. The van der Waals surface area contributed by atoms with E-state index in [1.54, 1.807) is 23.5 Å². The normalized spacial score (nSPS) is 10.7. The molecule has 0 amide bonds. The highest BCUT2D eigenvalue weighted by molar-refractivity contribution is 7.13. The van der Waals surface area contributed by atoms with E-state index in [0.717, 1.165) is 28.6 Å². The Bertz CT molecular complexity index is 882. The van der Waals surface area contributed by atoms with Crippen molar-refractivity contribution in [2.45, 2.75) is 20.4 Å². The molecule has 0 aliphatic carbocycles. The Morgan fingerprint density at radius 2 is 1.81 bits per heavy atom. The third-order valence-electron chi connectivity index (χ3n) is 3.68. The van der Waals surface area contributed by atoms with E-state index < -0.39 is 5.82 Å². The molecule has 138 valence electrons. The lowest BCUT2D eigenvalue weighted by Crippen LogP contribution is -3.00. The van der Waals surface area contributed by atoms with Crippen LogP contribution >= 0.6 is 34.5 Å². The summed E-state index contributed by atoms with van der Waals surface area (Å²) >= 11 is 13.5. The van der Waals surface area contributed by atoms with Gasteiger partial charge < -0.3 is 17.0 Å². The lowest BCUT2D eigenvalue weighted by molar-refractivity contribution is -0.673. The van der Waals surface area contributed by atoms with Crippen LogP contribution in [-0.4, -0.2) is 0 Å². The van der Waals surface area contributed by atoms with Gasteiger partial charge >= 0.3 is 5.13 Å². The minimum absolute atomic E-state index is 0. The van der Waals surface area contributed by atoms with Gasteiger partial charge in [-0.05, 0) is 42.3 Å². The number of rotatable bonds is 5. The number of thiazole rings is 1. The van der Waals surface area contributed by atoms with Crippen LogP contribution in [0.1, 0.15) is 13.8 Å². The highest BCUT2D eigenvalue weighted by Crippen LogP contribution is 2.28. The Morgan fingerprint density at radius 1 is 1.12 bits per heavy atom. The van der Waals surface area contributed by atoms with E-state index in [-0.39, 0.29) is 22.0 Å². The molecule has 0 atom stereocenters. The molecule has 0 unspecified atom stereocenters. The topological polar surface area (TPSA) is 15.9 Å². The summed E-state index contributed by atoms with van der Waals surface area (Å²) in [5.41, 5.74) is 2.98. The number of nitrogens with zero attached hydrogens (tertiary/aromatic N) is 1. The zero-order chi connectivity index (χ0) is 18.0. The van der Waals surface area contributed by atoms with Crippen LogP contribution in [0, 0.1) is 11.7 Å². The first-order valence-electron chi connectivity index (χ1n) is 7.93. The number of aromatic nitrogens is 1. The molecule has 7 heteroatoms. The maximum Gasteiger partial charge on any atom is 0.339 e. The quantitative estimate of drug-likeness (QED) is 0.558. The molecule has 2 aromatic carbocycles. The number of anilines is 2. The van der Waals surface area contributed by atoms with Crippen LogP contribution < -0.4 is 26.9 Å². The second-order valence-electron chi connectivity index (χ2n) is 6.19. The standard InChI is InChI=1S/C19H17Cl2FN2S.BrH/c1-12(2)10-24-18(13-3-5-14(20)6-4-13)11-25-19(24)23-15-7-8-17(22)16(21)9-15;/h3-9,11-12H,10H2,1-2H3;1H. The molecule has 0 saturated heterocycles. The highest BCUT2D eigenvalue weighted by Gasteiger charge is 2.21. The first kappa shape index (κ1) is 21.2. The summed E-state index contributed by atoms with van der Waals surface area (Å²) < 4.78 is 15.6. The second-order valence-corrected chi connectivity index (χ2v) is 7.89. The van der Waals surface area contributed by atoms with Gasteiger partial charge in [-0.1, -0.05) is 48.4 Å². The van der Waals surface area contributed by atoms with E-state index in [1.807, 2.05) is 24.3 Å². The van der Waals surface area contributed by atoms with E-state index in [1.165, 1.54) is 6.07 Å². The number of hydrogen-bond acceptors (Lipinski definition) is 2. The first-order chi connectivity index (χ1) is 11.9. The van der Waals surface area contributed by atoms with Crippen molar-refractivity contribution < 1.29 is 25.9 Å². The van der Waals surface area contributed by atoms with Gasteiger partial charge in [0.05, 0.1) is 11.6 Å². The molecule has 1 heterocycles. The van der Waals surface area contributed by atoms with Gasteiger partial charge in [-0.3, -0.25) is 0 Å². The average Bonchev–Trinajstić information content (AvgIpc) is 2.94. The number of nitrogens with one attached hydrogen (secondary N) is 1. The summed E-state index contributed by atoms with van der Waals surface area (Å²) in [5.74, 6) is 0.0540. The van der Waals surface area contributed by atoms with E-state index in [4.69, 9.17) is 23.2 Å². The van der Waals surface area contributed by atoms with E-state index in [2.05, 4.69) is 29.1 Å². The van der Waals surface area contributed by atoms with Gasteiger partial charge in [-0.2, -0.15) is 0 Å². The molecule has 0 bridgehead atoms. The van der Waals surface area contributed by atoms with E-state index in [0.29, 0.717) is 10.9 Å². The van der Waals surface area contributed by atoms with Crippen molar-refractivity contribution in [1.29, 1.82) is 0 Å². The molecule has 1 N–H and O–H groups in total. The molecule has 3 aromatic rings. The summed E-state index contributed by atoms with van der Waals surface area (Å²) in [6.07, 6.45) is 0. The van der Waals surface area contributed by atoms with Crippen molar-refractivity contribution in [3.8, 4) is 11.3 Å². The van der Waals surface area contributed by atoms with Gasteiger partial charge in [0, 0.05) is 22.0 Å². The molecule has 0 radical (unpaired) electrons. The van der Waals surface area contributed by atoms with Crippen LogP contribution in [0.3, 0.4) is 0 Å². The largest absolute Gasteiger partial charge is 1.00 e. The van der Waals surface area contributed by atoms with Crippen molar-refractivity contribution in [3.05, 3.63) is 63.7 Å². The van der Waals surface area contributed by atoms with Crippen LogP contribution in [-0.2, 0) is 6.54 Å². The minimum Gasteiger partial charge on any atom is -1.00 e. The van der Waals surface area contributed by atoms with Crippen molar-refractivity contribution in [3.63, 3.8) is 0 Å². The Morgan fingerprint density at radius 3 is 2.42 bits per heavy atom. The van der Waals surface area contributed by atoms with Crippen LogP contribution in [0.25, 0.3) is 11.3 Å². The SMILES string of the molecule is CC(C)C[n+]1c(-c2ccc(Cl)cc2)csc1Nc1ccc(F)c(Cl)c1.[Br-]. The predicted molar refractivity (Wildman–Crippen MR) is 104 cm³/mol. The fourth-order valence-electron chi connectivity index (χ4n) is 2.53. The zero-order valence-electron chi connectivity index (χ0n) is 14.3. The molecular formula is C19H18BrCl2FN2S. The number of halogens is 4. The monoisotopic (exact) mass is 474 g/mol. The molecule has 0 saturated carbocycles. The molecule has 1 aromatic heterocycles. The van der Waals surface area contributed by atoms with Gasteiger partial charge in [-0.15, -0.1) is 0 Å². The third-order valence-corrected chi connectivity index (χ3v) is 5.11. The lowest BCUT2D eigenvalue weighted by atomic mass is 10.1. The van der Waals surface area contributed by atoms with Gasteiger partial charge in [0.25, 0.3) is 0 Å². The van der Waals surface area contributed by atoms with Crippen LogP contribution in [0.4, 0.5) is 15.2 Å². The van der Waals surface area contributed by atoms with Gasteiger partial charge in [-0.25, -0.2) is 14.3 Å². The van der Waals surface area contributed by atoms with Gasteiger partial charge in [0.1, 0.15) is 17.2 Å². The van der Waals surface area contributed by atoms with Crippen molar-refractivity contribution in [1.82, 2.24) is 0 Å². The smallest absolute Gasteiger partial charge is 0.339 e. The summed E-state index contributed by atoms with van der Waals surface area (Å²) in [4.78, 5) is 0. The summed E-state index contributed by atoms with van der Waals surface area (Å²) in [5, 5.41) is 7.26. The molecular weight excluding hydrogens is 458 g/mol. The molecule has 0 fully saturated rings. The molecule has 0 aliphatic rings. The Labute approximate surface area is 177 Å². The molecule has 2 nitrogen and oxygen atoms in total. The Kier molecular flexibility index (Phi) is 7.47. The van der Waals surface area contributed by atoms with Gasteiger partial charge in [0.2, 0.25) is 0 Å². The highest BCUT2D eigenvalue weighted by atomic mass is 79.9. The molecule has 0 aliphatic heterocycles. The van der Waals surface area contributed by atoms with Gasteiger partial charge in [0.15, 0.2) is 0 Å². The fourth-order valence-corrected chi connectivity index (χ4v) is 3.80. The first-order valence-corrected chi connectivity index (χ1v) is 9.57. The summed E-state index contributed by atoms with van der Waals surface area (Å²) in [6.45, 7) is 5.21. The maximum atomic E-state index is 13.4. The van der Waals surface area contributed by atoms with Crippen LogP contribution in [0.5, 0.6) is 0 Å². The van der Waals surface area contributed by atoms with Crippen molar-refractivity contribution in [2.24, 2.45) is 5.92 Å². The summed E-state index contributed by atoms with van der Waals surface area (Å²) in [6, 6.07) is 12.5. The summed E-state index contributed by atoms with van der Waals surface area (Å²) in [7, 11) is 0. The fraction of sp³-hybridized carbons (Fsp3) is 0.211. The molecule has 0 spiro atoms. The minimum atomic E-state index is -0.421.